The number of thioether (sulfide) groups is 1. The molecule has 0 atom stereocenters. The SMILES string of the molecule is CCCCOC(=O)N1CCN(Cc2cc(=O)c(OCCCCCSc3ccnc4cc(C(F)(F)F)ccc34)co2)CC1. The van der Waals surface area contributed by atoms with Gasteiger partial charge >= 0.3 is 12.3 Å². The standard InChI is InChI=1S/C30H36F3N3O5S/c1-2-3-15-40-29(38)36-13-11-35(12-14-36)20-23-19-26(37)27(21-41-23)39-16-5-4-6-17-42-28-9-10-34-25-18-22(30(31,32)33)7-8-24(25)28/h7-10,18-19,21H,2-6,11-17,20H2,1H3. The fraction of sp³-hybridized carbons (Fsp3) is 0.500. The molecule has 0 N–H and O–H groups in total. The smallest absolute Gasteiger partial charge is 0.416 e. The monoisotopic (exact) mass is 607 g/mol. The Bertz CT molecular complexity index is 1380. The van der Waals surface area contributed by atoms with Crippen LogP contribution in [0.4, 0.5) is 18.0 Å². The topological polar surface area (TPSA) is 85.1 Å². The predicted octanol–water partition coefficient (Wildman–Crippen LogP) is 6.60. The Labute approximate surface area is 247 Å². The first-order chi connectivity index (χ1) is 20.2. The number of hydrogen-bond acceptors (Lipinski definition) is 8. The van der Waals surface area contributed by atoms with Gasteiger partial charge < -0.3 is 18.8 Å². The fourth-order valence-electron chi connectivity index (χ4n) is 4.50. The van der Waals surface area contributed by atoms with Gasteiger partial charge in [0.1, 0.15) is 12.0 Å². The van der Waals surface area contributed by atoms with Gasteiger partial charge in [0.25, 0.3) is 0 Å². The number of unbranched alkanes of at least 4 members (excludes halogenated alkanes) is 3. The van der Waals surface area contributed by atoms with Gasteiger partial charge in [0.15, 0.2) is 0 Å². The molecule has 3 aromatic rings. The molecule has 12 heteroatoms. The fourth-order valence-corrected chi connectivity index (χ4v) is 5.55. The van der Waals surface area contributed by atoms with Crippen LogP contribution in [-0.2, 0) is 17.5 Å². The van der Waals surface area contributed by atoms with Crippen molar-refractivity contribution in [2.75, 3.05) is 45.1 Å². The minimum Gasteiger partial charge on any atom is -0.487 e. The Morgan fingerprint density at radius 3 is 2.60 bits per heavy atom. The molecular formula is C30H36F3N3O5S. The third kappa shape index (κ3) is 9.12. The van der Waals surface area contributed by atoms with E-state index < -0.39 is 11.7 Å². The van der Waals surface area contributed by atoms with Crippen LogP contribution in [0.3, 0.4) is 0 Å². The van der Waals surface area contributed by atoms with Crippen LogP contribution in [0.1, 0.15) is 50.4 Å². The Balaban J connectivity index is 1.13. The largest absolute Gasteiger partial charge is 0.487 e. The summed E-state index contributed by atoms with van der Waals surface area (Å²) in [5, 5.41) is 0.707. The Morgan fingerprint density at radius 1 is 1.05 bits per heavy atom. The van der Waals surface area contributed by atoms with Crippen molar-refractivity contribution in [3.63, 3.8) is 0 Å². The van der Waals surface area contributed by atoms with Crippen LogP contribution in [0.2, 0.25) is 0 Å². The molecule has 0 saturated carbocycles. The summed E-state index contributed by atoms with van der Waals surface area (Å²) in [6, 6.07) is 6.92. The number of ether oxygens (including phenoxy) is 2. The molecule has 0 bridgehead atoms. The van der Waals surface area contributed by atoms with Gasteiger partial charge in [-0.25, -0.2) is 4.79 Å². The highest BCUT2D eigenvalue weighted by atomic mass is 32.2. The third-order valence-electron chi connectivity index (χ3n) is 6.92. The summed E-state index contributed by atoms with van der Waals surface area (Å²) in [5.74, 6) is 1.52. The first-order valence-electron chi connectivity index (χ1n) is 14.2. The number of alkyl halides is 3. The van der Waals surface area contributed by atoms with Crippen LogP contribution >= 0.6 is 11.8 Å². The van der Waals surface area contributed by atoms with Crippen molar-refractivity contribution in [3.8, 4) is 5.75 Å². The second kappa shape index (κ2) is 15.3. The molecule has 1 saturated heterocycles. The van der Waals surface area contributed by atoms with E-state index in [1.54, 1.807) is 16.7 Å². The van der Waals surface area contributed by atoms with Crippen LogP contribution in [0.15, 0.2) is 56.9 Å². The predicted molar refractivity (Wildman–Crippen MR) is 155 cm³/mol. The van der Waals surface area contributed by atoms with Crippen LogP contribution in [0.25, 0.3) is 10.9 Å². The number of benzene rings is 1. The highest BCUT2D eigenvalue weighted by molar-refractivity contribution is 7.99. The highest BCUT2D eigenvalue weighted by Gasteiger charge is 2.30. The molecule has 42 heavy (non-hydrogen) atoms. The zero-order valence-electron chi connectivity index (χ0n) is 23.7. The summed E-state index contributed by atoms with van der Waals surface area (Å²) in [7, 11) is 0. The van der Waals surface area contributed by atoms with Crippen molar-refractivity contribution in [3.05, 3.63) is 64.3 Å². The third-order valence-corrected chi connectivity index (χ3v) is 8.08. The maximum Gasteiger partial charge on any atom is 0.416 e. The van der Waals surface area contributed by atoms with E-state index in [1.807, 2.05) is 13.0 Å². The number of fused-ring (bicyclic) bond motifs is 1. The molecule has 1 aromatic carbocycles. The molecular weight excluding hydrogens is 571 g/mol. The molecule has 2 aromatic heterocycles. The van der Waals surface area contributed by atoms with Crippen LogP contribution in [0.5, 0.6) is 5.75 Å². The van der Waals surface area contributed by atoms with E-state index in [0.29, 0.717) is 62.6 Å². The van der Waals surface area contributed by atoms with Crippen LogP contribution < -0.4 is 10.2 Å². The van der Waals surface area contributed by atoms with Gasteiger partial charge in [-0.05, 0) is 49.6 Å². The van der Waals surface area contributed by atoms with E-state index in [-0.39, 0.29) is 17.3 Å². The van der Waals surface area contributed by atoms with E-state index in [1.165, 1.54) is 24.6 Å². The summed E-state index contributed by atoms with van der Waals surface area (Å²) in [4.78, 5) is 33.4. The van der Waals surface area contributed by atoms with Gasteiger partial charge in [-0.3, -0.25) is 14.7 Å². The van der Waals surface area contributed by atoms with E-state index in [4.69, 9.17) is 13.9 Å². The van der Waals surface area contributed by atoms with E-state index >= 15 is 0 Å². The summed E-state index contributed by atoms with van der Waals surface area (Å²) in [6.07, 6.45) is 2.55. The lowest BCUT2D eigenvalue weighted by Crippen LogP contribution is -2.48. The van der Waals surface area contributed by atoms with Gasteiger partial charge in [-0.1, -0.05) is 19.4 Å². The number of carbonyl (C=O) groups is 1. The van der Waals surface area contributed by atoms with Crippen molar-refractivity contribution in [1.82, 2.24) is 14.8 Å². The summed E-state index contributed by atoms with van der Waals surface area (Å²) < 4.78 is 55.5. The van der Waals surface area contributed by atoms with Crippen LogP contribution in [0, 0.1) is 0 Å². The molecule has 1 aliphatic heterocycles. The molecule has 0 unspecified atom stereocenters. The van der Waals surface area contributed by atoms with E-state index in [9.17, 15) is 22.8 Å². The Morgan fingerprint density at radius 2 is 1.86 bits per heavy atom. The molecule has 1 aliphatic rings. The van der Waals surface area contributed by atoms with Gasteiger partial charge in [-0.2, -0.15) is 13.2 Å². The average molecular weight is 608 g/mol. The molecule has 0 radical (unpaired) electrons. The van der Waals surface area contributed by atoms with Gasteiger partial charge in [-0.15, -0.1) is 11.8 Å². The number of amides is 1. The van der Waals surface area contributed by atoms with Gasteiger partial charge in [0, 0.05) is 48.7 Å². The minimum atomic E-state index is -4.40. The molecule has 3 heterocycles. The normalized spacial score (nSPS) is 14.3. The van der Waals surface area contributed by atoms with Crippen molar-refractivity contribution in [1.29, 1.82) is 0 Å². The second-order valence-electron chi connectivity index (χ2n) is 10.1. The maximum atomic E-state index is 13.0. The van der Waals surface area contributed by atoms with Gasteiger partial charge in [0.2, 0.25) is 11.2 Å². The Kier molecular flexibility index (Phi) is 11.5. The first kappa shape index (κ1) is 31.7. The number of nitrogens with zero attached hydrogens (tertiary/aromatic N) is 3. The van der Waals surface area contributed by atoms with Crippen LogP contribution in [-0.4, -0.2) is 66.0 Å². The van der Waals surface area contributed by atoms with Crippen molar-refractivity contribution in [2.45, 2.75) is 56.6 Å². The number of aromatic nitrogens is 1. The lowest BCUT2D eigenvalue weighted by atomic mass is 10.1. The average Bonchev–Trinajstić information content (AvgIpc) is 2.97. The number of hydrogen-bond donors (Lipinski definition) is 0. The minimum absolute atomic E-state index is 0.175. The summed E-state index contributed by atoms with van der Waals surface area (Å²) in [5.41, 5.74) is -0.608. The lowest BCUT2D eigenvalue weighted by Gasteiger charge is -2.33. The quantitative estimate of drug-likeness (QED) is 0.159. The summed E-state index contributed by atoms with van der Waals surface area (Å²) in [6.45, 7) is 5.81. The maximum absolute atomic E-state index is 13.0. The first-order valence-corrected chi connectivity index (χ1v) is 15.2. The molecule has 1 fully saturated rings. The lowest BCUT2D eigenvalue weighted by molar-refractivity contribution is -0.137. The van der Waals surface area contributed by atoms with Crippen molar-refractivity contribution in [2.24, 2.45) is 0 Å². The number of rotatable bonds is 13. The molecule has 228 valence electrons. The van der Waals surface area contributed by atoms with Crippen molar-refractivity contribution >= 4 is 28.8 Å². The summed E-state index contributed by atoms with van der Waals surface area (Å²) >= 11 is 1.58. The number of halogens is 3. The number of pyridine rings is 1. The Hall–Kier alpha value is -3.25. The molecule has 0 spiro atoms. The zero-order valence-corrected chi connectivity index (χ0v) is 24.5. The molecule has 0 aliphatic carbocycles. The number of piperazine rings is 1. The molecule has 8 nitrogen and oxygen atoms in total. The molecule has 4 rings (SSSR count). The molecule has 1 amide bonds. The zero-order chi connectivity index (χ0) is 30.0. The second-order valence-corrected chi connectivity index (χ2v) is 11.2. The van der Waals surface area contributed by atoms with E-state index in [2.05, 4.69) is 9.88 Å². The van der Waals surface area contributed by atoms with Gasteiger partial charge in [0.05, 0.1) is 30.8 Å². The highest BCUT2D eigenvalue weighted by Crippen LogP contribution is 2.34. The van der Waals surface area contributed by atoms with Crippen molar-refractivity contribution < 1.29 is 31.9 Å². The van der Waals surface area contributed by atoms with E-state index in [0.717, 1.165) is 54.9 Å². The number of carbonyl (C=O) groups excluding carboxylic acids is 1.